The molecular formula is C24H29N3O2. The van der Waals surface area contributed by atoms with Crippen LogP contribution in [-0.2, 0) is 13.2 Å². The molecule has 1 aliphatic heterocycles. The average Bonchev–Trinajstić information content (AvgIpc) is 3.43. The highest BCUT2D eigenvalue weighted by Crippen LogP contribution is 2.26. The largest absolute Gasteiger partial charge is 0.487 e. The Balaban J connectivity index is 1.33. The summed E-state index contributed by atoms with van der Waals surface area (Å²) in [5.74, 6) is 2.90. The summed E-state index contributed by atoms with van der Waals surface area (Å²) in [7, 11) is 0. The highest BCUT2D eigenvalue weighted by Gasteiger charge is 2.25. The predicted molar refractivity (Wildman–Crippen MR) is 114 cm³/mol. The van der Waals surface area contributed by atoms with Crippen molar-refractivity contribution >= 4 is 0 Å². The van der Waals surface area contributed by atoms with Crippen LogP contribution in [0.2, 0.25) is 0 Å². The van der Waals surface area contributed by atoms with Crippen molar-refractivity contribution in [2.45, 2.75) is 39.0 Å². The molecule has 29 heavy (non-hydrogen) atoms. The van der Waals surface area contributed by atoms with E-state index in [0.717, 1.165) is 49.1 Å². The topological polar surface area (TPSA) is 50.5 Å². The molecule has 0 spiro atoms. The van der Waals surface area contributed by atoms with Crippen molar-refractivity contribution in [1.29, 1.82) is 0 Å². The highest BCUT2D eigenvalue weighted by molar-refractivity contribution is 5.28. The minimum absolute atomic E-state index is 0.287. The van der Waals surface area contributed by atoms with Gasteiger partial charge in [-0.05, 0) is 74.8 Å². The van der Waals surface area contributed by atoms with Gasteiger partial charge in [-0.25, -0.2) is 0 Å². The van der Waals surface area contributed by atoms with Crippen LogP contribution in [0.5, 0.6) is 5.75 Å². The summed E-state index contributed by atoms with van der Waals surface area (Å²) in [6, 6.07) is 18.6. The average molecular weight is 392 g/mol. The third-order valence-electron chi connectivity index (χ3n) is 5.35. The van der Waals surface area contributed by atoms with Crippen molar-refractivity contribution in [1.82, 2.24) is 15.2 Å². The van der Waals surface area contributed by atoms with Crippen LogP contribution >= 0.6 is 0 Å². The number of aryl methyl sites for hydroxylation is 1. The molecule has 1 aromatic carbocycles. The summed E-state index contributed by atoms with van der Waals surface area (Å²) < 4.78 is 11.8. The Morgan fingerprint density at radius 2 is 2.00 bits per heavy atom. The molecular weight excluding hydrogens is 362 g/mol. The Hall–Kier alpha value is -2.63. The van der Waals surface area contributed by atoms with Crippen molar-refractivity contribution in [3.63, 3.8) is 0 Å². The number of hydrogen-bond acceptors (Lipinski definition) is 5. The van der Waals surface area contributed by atoms with Crippen molar-refractivity contribution in [3.8, 4) is 5.75 Å². The van der Waals surface area contributed by atoms with E-state index in [9.17, 15) is 0 Å². The van der Waals surface area contributed by atoms with E-state index in [-0.39, 0.29) is 6.04 Å². The van der Waals surface area contributed by atoms with Crippen LogP contribution in [0.4, 0.5) is 0 Å². The van der Waals surface area contributed by atoms with Crippen LogP contribution in [0, 0.1) is 6.92 Å². The fourth-order valence-electron chi connectivity index (χ4n) is 3.83. The Bertz CT molecular complexity index is 888. The molecule has 0 bridgehead atoms. The third kappa shape index (κ3) is 5.46. The van der Waals surface area contributed by atoms with Crippen molar-refractivity contribution in [2.75, 3.05) is 19.6 Å². The molecule has 4 rings (SSSR count). The number of likely N-dealkylation sites (tertiary alicyclic amines) is 1. The van der Waals surface area contributed by atoms with Crippen LogP contribution in [0.1, 0.15) is 41.7 Å². The fourth-order valence-corrected chi connectivity index (χ4v) is 3.83. The maximum Gasteiger partial charge on any atom is 0.130 e. The van der Waals surface area contributed by atoms with Crippen molar-refractivity contribution in [3.05, 3.63) is 83.6 Å². The van der Waals surface area contributed by atoms with Crippen LogP contribution in [0.3, 0.4) is 0 Å². The quantitative estimate of drug-likeness (QED) is 0.582. The van der Waals surface area contributed by atoms with Crippen LogP contribution in [0.15, 0.2) is 65.2 Å². The van der Waals surface area contributed by atoms with Gasteiger partial charge in [-0.3, -0.25) is 9.88 Å². The molecule has 1 unspecified atom stereocenters. The van der Waals surface area contributed by atoms with Gasteiger partial charge in [-0.1, -0.05) is 18.2 Å². The number of ether oxygens (including phenoxy) is 1. The van der Waals surface area contributed by atoms with Crippen molar-refractivity contribution in [2.24, 2.45) is 0 Å². The second-order valence-electron chi connectivity index (χ2n) is 7.60. The number of furan rings is 1. The molecule has 1 atom stereocenters. The molecule has 3 heterocycles. The Labute approximate surface area is 172 Å². The molecule has 1 N–H and O–H groups in total. The highest BCUT2D eigenvalue weighted by atomic mass is 16.5. The maximum absolute atomic E-state index is 5.95. The van der Waals surface area contributed by atoms with E-state index in [1.54, 1.807) is 6.20 Å². The first-order valence-electron chi connectivity index (χ1n) is 10.4. The number of hydrogen-bond donors (Lipinski definition) is 1. The van der Waals surface area contributed by atoms with E-state index in [0.29, 0.717) is 6.61 Å². The summed E-state index contributed by atoms with van der Waals surface area (Å²) in [6.07, 6.45) is 4.33. The molecule has 5 nitrogen and oxygen atoms in total. The lowest BCUT2D eigenvalue weighted by Crippen LogP contribution is -2.33. The molecule has 5 heteroatoms. The molecule has 152 valence electrons. The van der Waals surface area contributed by atoms with E-state index in [2.05, 4.69) is 39.5 Å². The smallest absolute Gasteiger partial charge is 0.130 e. The molecule has 3 aromatic rings. The van der Waals surface area contributed by atoms with Gasteiger partial charge in [0.05, 0.1) is 11.7 Å². The minimum atomic E-state index is 0.287. The lowest BCUT2D eigenvalue weighted by Gasteiger charge is -2.26. The molecule has 0 radical (unpaired) electrons. The van der Waals surface area contributed by atoms with Gasteiger partial charge in [0.15, 0.2) is 0 Å². The Morgan fingerprint density at radius 3 is 2.76 bits per heavy atom. The molecule has 0 aliphatic carbocycles. The SMILES string of the molecule is Cc1ccc(C(CNCc2cccc(OCc3ccccn3)c2)N2CCCC2)o1. The summed E-state index contributed by atoms with van der Waals surface area (Å²) in [5, 5.41) is 3.62. The van der Waals surface area contributed by atoms with Gasteiger partial charge in [0.25, 0.3) is 0 Å². The molecule has 1 fully saturated rings. The number of rotatable bonds is 9. The molecule has 1 aliphatic rings. The summed E-state index contributed by atoms with van der Waals surface area (Å²) in [6.45, 7) is 6.43. The van der Waals surface area contributed by atoms with Crippen LogP contribution < -0.4 is 10.1 Å². The van der Waals surface area contributed by atoms with E-state index in [1.807, 2.05) is 37.3 Å². The Kier molecular flexibility index (Phi) is 6.60. The first-order valence-corrected chi connectivity index (χ1v) is 10.4. The molecule has 0 saturated carbocycles. The van der Waals surface area contributed by atoms with Gasteiger partial charge in [-0.15, -0.1) is 0 Å². The number of aromatic nitrogens is 1. The second-order valence-corrected chi connectivity index (χ2v) is 7.60. The van der Waals surface area contributed by atoms with Gasteiger partial charge in [-0.2, -0.15) is 0 Å². The monoisotopic (exact) mass is 391 g/mol. The van der Waals surface area contributed by atoms with E-state index in [4.69, 9.17) is 9.15 Å². The first-order chi connectivity index (χ1) is 14.3. The Morgan fingerprint density at radius 1 is 1.10 bits per heavy atom. The first kappa shape index (κ1) is 19.7. The van der Waals surface area contributed by atoms with Gasteiger partial charge < -0.3 is 14.5 Å². The van der Waals surface area contributed by atoms with Crippen LogP contribution in [0.25, 0.3) is 0 Å². The molecule has 1 saturated heterocycles. The van der Waals surface area contributed by atoms with E-state index < -0.39 is 0 Å². The van der Waals surface area contributed by atoms with Gasteiger partial charge in [0, 0.05) is 19.3 Å². The standard InChI is InChI=1S/C24H29N3O2/c1-19-10-11-24(29-19)23(27-13-4-5-14-27)17-25-16-20-7-6-9-22(15-20)28-18-21-8-2-3-12-26-21/h2-3,6-12,15,23,25H,4-5,13-14,16-18H2,1H3. The van der Waals surface area contributed by atoms with Crippen molar-refractivity contribution < 1.29 is 9.15 Å². The lowest BCUT2D eigenvalue weighted by molar-refractivity contribution is 0.207. The zero-order valence-electron chi connectivity index (χ0n) is 17.0. The zero-order chi connectivity index (χ0) is 19.9. The minimum Gasteiger partial charge on any atom is -0.487 e. The lowest BCUT2D eigenvalue weighted by atomic mass is 10.1. The number of nitrogens with zero attached hydrogens (tertiary/aromatic N) is 2. The fraction of sp³-hybridized carbons (Fsp3) is 0.375. The van der Waals surface area contributed by atoms with E-state index >= 15 is 0 Å². The van der Waals surface area contributed by atoms with E-state index in [1.165, 1.54) is 18.4 Å². The number of pyridine rings is 1. The van der Waals surface area contributed by atoms with Gasteiger partial charge >= 0.3 is 0 Å². The number of nitrogens with one attached hydrogen (secondary N) is 1. The summed E-state index contributed by atoms with van der Waals surface area (Å²) in [4.78, 5) is 6.83. The maximum atomic E-state index is 5.95. The second kappa shape index (κ2) is 9.72. The predicted octanol–water partition coefficient (Wildman–Crippen LogP) is 4.49. The van der Waals surface area contributed by atoms with Gasteiger partial charge in [0.1, 0.15) is 23.9 Å². The normalized spacial score (nSPS) is 15.5. The zero-order valence-corrected chi connectivity index (χ0v) is 17.0. The van der Waals surface area contributed by atoms with Crippen LogP contribution in [-0.4, -0.2) is 29.5 Å². The molecule has 2 aromatic heterocycles. The van der Waals surface area contributed by atoms with Gasteiger partial charge in [0.2, 0.25) is 0 Å². The number of benzene rings is 1. The summed E-state index contributed by atoms with van der Waals surface area (Å²) in [5.41, 5.74) is 2.14. The summed E-state index contributed by atoms with van der Waals surface area (Å²) >= 11 is 0. The molecule has 0 amide bonds. The third-order valence-corrected chi connectivity index (χ3v) is 5.35.